The molecule has 0 spiro atoms. The smallest absolute Gasteiger partial charge is 0.254 e. The molecule has 1 aliphatic heterocycles. The summed E-state index contributed by atoms with van der Waals surface area (Å²) in [4.78, 5) is 18.8. The number of amides is 1. The summed E-state index contributed by atoms with van der Waals surface area (Å²) in [6.07, 6.45) is 4.66. The Balaban J connectivity index is 2.11. The van der Waals surface area contributed by atoms with Crippen LogP contribution >= 0.6 is 0 Å². The fraction of sp³-hybridized carbons (Fsp3) is 0.625. The molecular weight excluding hydrogens is 266 g/mol. The second-order valence-corrected chi connectivity index (χ2v) is 5.79. The highest BCUT2D eigenvalue weighted by atomic mass is 16.3. The first kappa shape index (κ1) is 15.8. The van der Waals surface area contributed by atoms with Crippen LogP contribution in [0.25, 0.3) is 0 Å². The summed E-state index contributed by atoms with van der Waals surface area (Å²) >= 11 is 0. The Hall–Kier alpha value is -1.62. The molecule has 1 aliphatic rings. The summed E-state index contributed by atoms with van der Waals surface area (Å²) < 4.78 is 0. The minimum atomic E-state index is 0.0316. The molecule has 1 unspecified atom stereocenters. The lowest BCUT2D eigenvalue weighted by Gasteiger charge is -2.32. The molecule has 1 atom stereocenters. The number of carbonyl (C=O) groups is 1. The molecule has 3 N–H and O–H groups in total. The quantitative estimate of drug-likeness (QED) is 0.867. The van der Waals surface area contributed by atoms with Crippen LogP contribution in [0.15, 0.2) is 12.1 Å². The van der Waals surface area contributed by atoms with E-state index in [1.165, 1.54) is 0 Å². The van der Waals surface area contributed by atoms with E-state index in [2.05, 4.69) is 11.9 Å². The fourth-order valence-corrected chi connectivity index (χ4v) is 2.97. The monoisotopic (exact) mass is 291 g/mol. The van der Waals surface area contributed by atoms with E-state index in [-0.39, 0.29) is 12.5 Å². The average molecular weight is 291 g/mol. The highest BCUT2D eigenvalue weighted by molar-refractivity contribution is 5.95. The van der Waals surface area contributed by atoms with Crippen LogP contribution in [0.1, 0.15) is 48.7 Å². The van der Waals surface area contributed by atoms with Crippen LogP contribution in [0.4, 0.5) is 5.82 Å². The van der Waals surface area contributed by atoms with Gasteiger partial charge in [0.05, 0.1) is 0 Å². The summed E-state index contributed by atoms with van der Waals surface area (Å²) in [5.74, 6) is 0.847. The number of hydrogen-bond donors (Lipinski definition) is 2. The van der Waals surface area contributed by atoms with Gasteiger partial charge in [-0.15, -0.1) is 0 Å². The van der Waals surface area contributed by atoms with E-state index in [0.717, 1.165) is 50.9 Å². The molecule has 5 nitrogen and oxygen atoms in total. The second-order valence-electron chi connectivity index (χ2n) is 5.79. The minimum absolute atomic E-state index is 0.0316. The van der Waals surface area contributed by atoms with E-state index in [4.69, 9.17) is 10.8 Å². The molecule has 116 valence electrons. The van der Waals surface area contributed by atoms with Crippen molar-refractivity contribution in [2.75, 3.05) is 25.4 Å². The van der Waals surface area contributed by atoms with Crippen LogP contribution in [0.5, 0.6) is 0 Å². The van der Waals surface area contributed by atoms with Crippen molar-refractivity contribution in [2.45, 2.75) is 39.0 Å². The average Bonchev–Trinajstić information content (AvgIpc) is 2.47. The Morgan fingerprint density at radius 2 is 2.33 bits per heavy atom. The topological polar surface area (TPSA) is 79.5 Å². The second kappa shape index (κ2) is 7.41. The third-order valence-electron chi connectivity index (χ3n) is 3.99. The van der Waals surface area contributed by atoms with E-state index < -0.39 is 0 Å². The number of nitrogens with two attached hydrogens (primary N) is 1. The number of likely N-dealkylation sites (tertiary alicyclic amines) is 1. The summed E-state index contributed by atoms with van der Waals surface area (Å²) in [6, 6.07) is 3.52. The zero-order valence-electron chi connectivity index (χ0n) is 12.7. The summed E-state index contributed by atoms with van der Waals surface area (Å²) in [5.41, 5.74) is 7.33. The van der Waals surface area contributed by atoms with Gasteiger partial charge in [0.2, 0.25) is 0 Å². The van der Waals surface area contributed by atoms with Gasteiger partial charge >= 0.3 is 0 Å². The molecule has 21 heavy (non-hydrogen) atoms. The number of aliphatic hydroxyl groups is 1. The van der Waals surface area contributed by atoms with Crippen molar-refractivity contribution in [1.29, 1.82) is 0 Å². The van der Waals surface area contributed by atoms with Gasteiger partial charge in [0, 0.05) is 31.0 Å². The van der Waals surface area contributed by atoms with Crippen LogP contribution in [0, 0.1) is 5.92 Å². The highest BCUT2D eigenvalue weighted by Gasteiger charge is 2.24. The van der Waals surface area contributed by atoms with Crippen molar-refractivity contribution < 1.29 is 9.90 Å². The van der Waals surface area contributed by atoms with Crippen molar-refractivity contribution in [1.82, 2.24) is 9.88 Å². The minimum Gasteiger partial charge on any atom is -0.396 e. The molecule has 0 saturated carbocycles. The van der Waals surface area contributed by atoms with E-state index in [1.807, 2.05) is 11.0 Å². The van der Waals surface area contributed by atoms with Crippen molar-refractivity contribution in [2.24, 2.45) is 5.92 Å². The van der Waals surface area contributed by atoms with Gasteiger partial charge in [0.1, 0.15) is 5.82 Å². The molecule has 0 aromatic carbocycles. The Morgan fingerprint density at radius 3 is 3.05 bits per heavy atom. The third-order valence-corrected chi connectivity index (χ3v) is 3.99. The largest absolute Gasteiger partial charge is 0.396 e. The molecule has 1 fully saturated rings. The standard InChI is InChI=1S/C16H25N3O2/c1-2-4-14-9-13(10-15(17)18-14)16(21)19-7-3-5-12(11-19)6-8-20/h9-10,12,20H,2-8,11H2,1H3,(H2,17,18). The molecule has 0 aliphatic carbocycles. The number of nitrogen functional groups attached to an aromatic ring is 1. The Kier molecular flexibility index (Phi) is 5.56. The van der Waals surface area contributed by atoms with Crippen molar-refractivity contribution >= 4 is 11.7 Å². The van der Waals surface area contributed by atoms with Gasteiger partial charge in [-0.2, -0.15) is 0 Å². The number of piperidine rings is 1. The number of hydrogen-bond acceptors (Lipinski definition) is 4. The van der Waals surface area contributed by atoms with E-state index in [0.29, 0.717) is 17.3 Å². The van der Waals surface area contributed by atoms with Gasteiger partial charge in [0.25, 0.3) is 5.91 Å². The van der Waals surface area contributed by atoms with Crippen LogP contribution in [-0.2, 0) is 6.42 Å². The van der Waals surface area contributed by atoms with E-state index in [9.17, 15) is 4.79 Å². The maximum absolute atomic E-state index is 12.6. The van der Waals surface area contributed by atoms with Gasteiger partial charge in [-0.05, 0) is 43.7 Å². The van der Waals surface area contributed by atoms with Gasteiger partial charge in [-0.3, -0.25) is 4.79 Å². The van der Waals surface area contributed by atoms with Crippen LogP contribution < -0.4 is 5.73 Å². The molecule has 0 radical (unpaired) electrons. The number of pyridine rings is 1. The fourth-order valence-electron chi connectivity index (χ4n) is 2.97. The first-order valence-corrected chi connectivity index (χ1v) is 7.80. The van der Waals surface area contributed by atoms with Crippen molar-refractivity contribution in [3.63, 3.8) is 0 Å². The van der Waals surface area contributed by atoms with Crippen LogP contribution in [-0.4, -0.2) is 40.6 Å². The number of carbonyl (C=O) groups excluding carboxylic acids is 1. The zero-order valence-corrected chi connectivity index (χ0v) is 12.7. The van der Waals surface area contributed by atoms with Gasteiger partial charge in [-0.25, -0.2) is 4.98 Å². The number of rotatable bonds is 5. The lowest BCUT2D eigenvalue weighted by atomic mass is 9.94. The summed E-state index contributed by atoms with van der Waals surface area (Å²) in [6.45, 7) is 3.78. The summed E-state index contributed by atoms with van der Waals surface area (Å²) in [7, 11) is 0. The normalized spacial score (nSPS) is 18.8. The Labute approximate surface area is 126 Å². The maximum atomic E-state index is 12.6. The highest BCUT2D eigenvalue weighted by Crippen LogP contribution is 2.21. The predicted octanol–water partition coefficient (Wildman–Crippen LogP) is 1.85. The molecule has 5 heteroatoms. The molecule has 1 amide bonds. The summed E-state index contributed by atoms with van der Waals surface area (Å²) in [5, 5.41) is 9.06. The number of anilines is 1. The number of nitrogens with zero attached hydrogens (tertiary/aromatic N) is 2. The third kappa shape index (κ3) is 4.17. The number of aryl methyl sites for hydroxylation is 1. The SMILES string of the molecule is CCCc1cc(C(=O)N2CCCC(CCO)C2)cc(N)n1. The zero-order chi connectivity index (χ0) is 15.2. The Bertz CT molecular complexity index is 488. The van der Waals surface area contributed by atoms with Gasteiger partial charge in [0.15, 0.2) is 0 Å². The number of aromatic nitrogens is 1. The predicted molar refractivity (Wildman–Crippen MR) is 83.0 cm³/mol. The van der Waals surface area contributed by atoms with E-state index in [1.54, 1.807) is 6.07 Å². The first-order valence-electron chi connectivity index (χ1n) is 7.80. The first-order chi connectivity index (χ1) is 10.1. The van der Waals surface area contributed by atoms with Gasteiger partial charge in [-0.1, -0.05) is 13.3 Å². The molecule has 1 aromatic rings. The van der Waals surface area contributed by atoms with Crippen molar-refractivity contribution in [3.05, 3.63) is 23.4 Å². The Morgan fingerprint density at radius 1 is 1.52 bits per heavy atom. The van der Waals surface area contributed by atoms with Gasteiger partial charge < -0.3 is 15.7 Å². The molecule has 1 aromatic heterocycles. The molecule has 2 rings (SSSR count). The molecule has 0 bridgehead atoms. The van der Waals surface area contributed by atoms with Crippen molar-refractivity contribution in [3.8, 4) is 0 Å². The lowest BCUT2D eigenvalue weighted by Crippen LogP contribution is -2.40. The molecule has 2 heterocycles. The van der Waals surface area contributed by atoms with Crippen LogP contribution in [0.2, 0.25) is 0 Å². The maximum Gasteiger partial charge on any atom is 0.254 e. The molecule has 1 saturated heterocycles. The lowest BCUT2D eigenvalue weighted by molar-refractivity contribution is 0.0653. The number of aliphatic hydroxyl groups excluding tert-OH is 1. The van der Waals surface area contributed by atoms with E-state index >= 15 is 0 Å². The van der Waals surface area contributed by atoms with Crippen LogP contribution in [0.3, 0.4) is 0 Å². The molecular formula is C16H25N3O2.